The maximum atomic E-state index is 15.2. The molecule has 1 atom stereocenters. The lowest BCUT2D eigenvalue weighted by Gasteiger charge is -2.36. The van der Waals surface area contributed by atoms with Crippen molar-refractivity contribution in [2.75, 3.05) is 18.0 Å². The van der Waals surface area contributed by atoms with E-state index in [1.165, 1.54) is 12.1 Å². The number of anilines is 1. The molecule has 2 aliphatic rings. The number of primary amides is 1. The van der Waals surface area contributed by atoms with Gasteiger partial charge in [-0.3, -0.25) is 9.59 Å². The van der Waals surface area contributed by atoms with Crippen LogP contribution in [0.2, 0.25) is 0 Å². The Balaban J connectivity index is 1.80. The van der Waals surface area contributed by atoms with Crippen molar-refractivity contribution in [3.8, 4) is 11.1 Å². The number of nitrogens with one attached hydrogen (secondary N) is 1. The lowest BCUT2D eigenvalue weighted by atomic mass is 9.95. The van der Waals surface area contributed by atoms with Crippen LogP contribution in [0.3, 0.4) is 0 Å². The standard InChI is InChI=1S/C22H22FN3O2/c1-2-19(27)25-14-7-5-9-26(12-14)21-18(23)11-17(22(24)28)16-10-13-6-3-4-8-15(13)20(16)21/h2-4,6,8,11,14H,1,5,7,9-10,12H2,(H2,24,28)(H,25,27)/t14-/m0/s1. The quantitative estimate of drug-likeness (QED) is 0.685. The molecular formula is C22H22FN3O2. The highest BCUT2D eigenvalue weighted by atomic mass is 19.1. The summed E-state index contributed by atoms with van der Waals surface area (Å²) in [4.78, 5) is 25.6. The number of nitrogens with two attached hydrogens (primary N) is 1. The van der Waals surface area contributed by atoms with E-state index in [9.17, 15) is 9.59 Å². The van der Waals surface area contributed by atoms with E-state index < -0.39 is 11.7 Å². The average molecular weight is 379 g/mol. The van der Waals surface area contributed by atoms with E-state index in [2.05, 4.69) is 11.9 Å². The molecule has 6 heteroatoms. The Bertz CT molecular complexity index is 986. The maximum Gasteiger partial charge on any atom is 0.249 e. The van der Waals surface area contributed by atoms with Gasteiger partial charge >= 0.3 is 0 Å². The Morgan fingerprint density at radius 1 is 1.32 bits per heavy atom. The Labute approximate surface area is 163 Å². The van der Waals surface area contributed by atoms with E-state index in [0.29, 0.717) is 25.2 Å². The SMILES string of the molecule is C=CC(=O)N[C@H]1CCCN(c2c(F)cc(C(N)=O)c3c2-c2ccccc2C3)C1. The van der Waals surface area contributed by atoms with Gasteiger partial charge in [-0.2, -0.15) is 0 Å². The minimum absolute atomic E-state index is 0.0817. The number of hydrogen-bond donors (Lipinski definition) is 2. The van der Waals surface area contributed by atoms with Crippen LogP contribution in [0.15, 0.2) is 43.0 Å². The molecule has 0 radical (unpaired) electrons. The van der Waals surface area contributed by atoms with Crippen molar-refractivity contribution in [2.24, 2.45) is 5.73 Å². The summed E-state index contributed by atoms with van der Waals surface area (Å²) in [5.74, 6) is -1.31. The van der Waals surface area contributed by atoms with E-state index in [1.807, 2.05) is 29.2 Å². The van der Waals surface area contributed by atoms with Crippen LogP contribution in [0, 0.1) is 5.82 Å². The number of amides is 2. The second kappa shape index (κ2) is 7.11. The summed E-state index contributed by atoms with van der Waals surface area (Å²) < 4.78 is 15.2. The van der Waals surface area contributed by atoms with Crippen molar-refractivity contribution >= 4 is 17.5 Å². The zero-order valence-electron chi connectivity index (χ0n) is 15.5. The fraction of sp³-hybridized carbons (Fsp3) is 0.273. The number of fused-ring (bicyclic) bond motifs is 3. The molecule has 2 aromatic carbocycles. The zero-order chi connectivity index (χ0) is 19.8. The highest BCUT2D eigenvalue weighted by Crippen LogP contribution is 2.46. The van der Waals surface area contributed by atoms with Gasteiger partial charge in [-0.05, 0) is 48.1 Å². The Morgan fingerprint density at radius 3 is 2.86 bits per heavy atom. The van der Waals surface area contributed by atoms with Crippen LogP contribution in [0.25, 0.3) is 11.1 Å². The number of carbonyl (C=O) groups excluding carboxylic acids is 2. The van der Waals surface area contributed by atoms with Gasteiger partial charge in [-0.1, -0.05) is 30.8 Å². The third-order valence-corrected chi connectivity index (χ3v) is 5.55. The lowest BCUT2D eigenvalue weighted by molar-refractivity contribution is -0.117. The van der Waals surface area contributed by atoms with Crippen LogP contribution in [-0.4, -0.2) is 30.9 Å². The molecule has 1 aliphatic carbocycles. The number of carbonyl (C=O) groups is 2. The molecule has 0 aromatic heterocycles. The van der Waals surface area contributed by atoms with Gasteiger partial charge in [0.15, 0.2) is 0 Å². The molecule has 1 heterocycles. The third-order valence-electron chi connectivity index (χ3n) is 5.55. The molecule has 0 unspecified atom stereocenters. The molecule has 4 rings (SSSR count). The monoisotopic (exact) mass is 379 g/mol. The first-order valence-electron chi connectivity index (χ1n) is 9.41. The summed E-state index contributed by atoms with van der Waals surface area (Å²) in [7, 11) is 0. The molecule has 5 nitrogen and oxygen atoms in total. The maximum absolute atomic E-state index is 15.2. The summed E-state index contributed by atoms with van der Waals surface area (Å²) in [5.41, 5.74) is 9.78. The molecule has 2 aromatic rings. The number of nitrogens with zero attached hydrogens (tertiary/aromatic N) is 1. The first-order valence-corrected chi connectivity index (χ1v) is 9.41. The molecule has 0 bridgehead atoms. The minimum Gasteiger partial charge on any atom is -0.367 e. The Kier molecular flexibility index (Phi) is 4.63. The van der Waals surface area contributed by atoms with Crippen molar-refractivity contribution in [2.45, 2.75) is 25.3 Å². The summed E-state index contributed by atoms with van der Waals surface area (Å²) in [6, 6.07) is 8.97. The largest absolute Gasteiger partial charge is 0.367 e. The highest BCUT2D eigenvalue weighted by Gasteiger charge is 2.32. The molecule has 28 heavy (non-hydrogen) atoms. The third kappa shape index (κ3) is 3.05. The summed E-state index contributed by atoms with van der Waals surface area (Å²) in [6.07, 6.45) is 3.46. The van der Waals surface area contributed by atoms with Crippen LogP contribution < -0.4 is 16.0 Å². The molecule has 0 spiro atoms. The second-order valence-corrected chi connectivity index (χ2v) is 7.30. The van der Waals surface area contributed by atoms with Crippen molar-refractivity contribution in [3.63, 3.8) is 0 Å². The van der Waals surface area contributed by atoms with Gasteiger partial charge in [-0.15, -0.1) is 0 Å². The Morgan fingerprint density at radius 2 is 2.11 bits per heavy atom. The van der Waals surface area contributed by atoms with Gasteiger partial charge in [0.25, 0.3) is 0 Å². The number of halogens is 1. The number of rotatable bonds is 4. The minimum atomic E-state index is -0.621. The molecule has 0 saturated carbocycles. The fourth-order valence-electron chi connectivity index (χ4n) is 4.35. The van der Waals surface area contributed by atoms with Crippen molar-refractivity contribution < 1.29 is 14.0 Å². The van der Waals surface area contributed by atoms with E-state index in [1.54, 1.807) is 0 Å². The smallest absolute Gasteiger partial charge is 0.249 e. The van der Waals surface area contributed by atoms with Crippen LogP contribution in [0.4, 0.5) is 10.1 Å². The van der Waals surface area contributed by atoms with Crippen molar-refractivity contribution in [1.29, 1.82) is 0 Å². The van der Waals surface area contributed by atoms with E-state index in [-0.39, 0.29) is 17.5 Å². The van der Waals surface area contributed by atoms with Crippen LogP contribution in [0.5, 0.6) is 0 Å². The number of hydrogen-bond acceptors (Lipinski definition) is 3. The van der Waals surface area contributed by atoms with E-state index in [0.717, 1.165) is 35.1 Å². The zero-order valence-corrected chi connectivity index (χ0v) is 15.5. The Hall–Kier alpha value is -3.15. The van der Waals surface area contributed by atoms with Gasteiger partial charge in [0.1, 0.15) is 5.82 Å². The lowest BCUT2D eigenvalue weighted by Crippen LogP contribution is -2.47. The average Bonchev–Trinajstić information content (AvgIpc) is 3.06. The van der Waals surface area contributed by atoms with E-state index >= 15 is 4.39 Å². The van der Waals surface area contributed by atoms with Crippen molar-refractivity contribution in [3.05, 3.63) is 65.5 Å². The van der Waals surface area contributed by atoms with Gasteiger partial charge in [0.2, 0.25) is 11.8 Å². The fourth-order valence-corrected chi connectivity index (χ4v) is 4.35. The second-order valence-electron chi connectivity index (χ2n) is 7.30. The molecule has 2 amide bonds. The summed E-state index contributed by atoms with van der Waals surface area (Å²) in [5, 5.41) is 2.91. The number of piperidine rings is 1. The van der Waals surface area contributed by atoms with Gasteiger partial charge in [-0.25, -0.2) is 4.39 Å². The number of benzene rings is 2. The summed E-state index contributed by atoms with van der Waals surface area (Å²) in [6.45, 7) is 4.67. The molecule has 3 N–H and O–H groups in total. The topological polar surface area (TPSA) is 75.4 Å². The van der Waals surface area contributed by atoms with Crippen LogP contribution in [-0.2, 0) is 11.2 Å². The van der Waals surface area contributed by atoms with Crippen molar-refractivity contribution in [1.82, 2.24) is 5.32 Å². The molecule has 1 saturated heterocycles. The molecular weight excluding hydrogens is 357 g/mol. The molecule has 1 aliphatic heterocycles. The first kappa shape index (κ1) is 18.2. The van der Waals surface area contributed by atoms with Gasteiger partial charge in [0.05, 0.1) is 5.69 Å². The van der Waals surface area contributed by atoms with E-state index in [4.69, 9.17) is 5.73 Å². The van der Waals surface area contributed by atoms with Gasteiger partial charge in [0, 0.05) is 30.3 Å². The molecule has 144 valence electrons. The predicted molar refractivity (Wildman–Crippen MR) is 107 cm³/mol. The highest BCUT2D eigenvalue weighted by molar-refractivity contribution is 6.01. The van der Waals surface area contributed by atoms with Crippen LogP contribution >= 0.6 is 0 Å². The van der Waals surface area contributed by atoms with Gasteiger partial charge < -0.3 is 16.0 Å². The summed E-state index contributed by atoms with van der Waals surface area (Å²) >= 11 is 0. The normalized spacial score (nSPS) is 17.6. The first-order chi connectivity index (χ1) is 13.5. The molecule has 1 fully saturated rings. The predicted octanol–water partition coefficient (Wildman–Crippen LogP) is 2.77. The van der Waals surface area contributed by atoms with Crippen LogP contribution in [0.1, 0.15) is 34.3 Å².